The molecule has 1 aromatic carbocycles. The maximum Gasteiger partial charge on any atom is 0.338 e. The molecule has 1 aromatic rings. The van der Waals surface area contributed by atoms with Gasteiger partial charge in [0.1, 0.15) is 5.75 Å². The molecule has 1 N–H and O–H groups in total. The van der Waals surface area contributed by atoms with E-state index in [9.17, 15) is 9.59 Å². The molecular formula is C25H32N4O4S. The number of hydrogen-bond acceptors (Lipinski definition) is 8. The van der Waals surface area contributed by atoms with Gasteiger partial charge in [0.05, 0.1) is 38.0 Å². The second-order valence-electron chi connectivity index (χ2n) is 8.70. The van der Waals surface area contributed by atoms with Gasteiger partial charge in [0.25, 0.3) is 0 Å². The van der Waals surface area contributed by atoms with Crippen LogP contribution >= 0.6 is 11.8 Å². The van der Waals surface area contributed by atoms with Gasteiger partial charge in [-0.05, 0) is 62.5 Å². The fraction of sp³-hybridized carbons (Fsp3) is 0.480. The number of carbonyl (C=O) groups is 2. The lowest BCUT2D eigenvalue weighted by atomic mass is 9.92. The Morgan fingerprint density at radius 3 is 2.68 bits per heavy atom. The van der Waals surface area contributed by atoms with E-state index in [1.165, 1.54) is 18.9 Å². The van der Waals surface area contributed by atoms with Gasteiger partial charge in [-0.2, -0.15) is 0 Å². The second-order valence-corrected chi connectivity index (χ2v) is 9.53. The van der Waals surface area contributed by atoms with E-state index < -0.39 is 12.0 Å². The molecule has 3 heterocycles. The van der Waals surface area contributed by atoms with Crippen molar-refractivity contribution in [1.82, 2.24) is 15.1 Å². The van der Waals surface area contributed by atoms with E-state index in [1.807, 2.05) is 41.5 Å². The molecule has 1 atom stereocenters. The van der Waals surface area contributed by atoms with Crippen LogP contribution in [0.5, 0.6) is 5.75 Å². The number of fused-ring (bicyclic) bond motifs is 1. The summed E-state index contributed by atoms with van der Waals surface area (Å²) >= 11 is 1.48. The van der Waals surface area contributed by atoms with Crippen LogP contribution in [0.3, 0.4) is 0 Å². The zero-order chi connectivity index (χ0) is 24.2. The van der Waals surface area contributed by atoms with Gasteiger partial charge in [-0.3, -0.25) is 4.79 Å². The lowest BCUT2D eigenvalue weighted by molar-refractivity contribution is -0.136. The number of nitrogens with one attached hydrogen (secondary N) is 1. The van der Waals surface area contributed by atoms with Crippen molar-refractivity contribution in [2.24, 2.45) is 4.99 Å². The Labute approximate surface area is 205 Å². The number of nitrogens with zero attached hydrogens (tertiary/aromatic N) is 3. The first kappa shape index (κ1) is 24.3. The summed E-state index contributed by atoms with van der Waals surface area (Å²) in [6.07, 6.45) is 2.71. The number of thioether (sulfide) groups is 1. The maximum atomic E-state index is 13.0. The van der Waals surface area contributed by atoms with E-state index in [1.54, 1.807) is 7.11 Å². The SMILES string of the molecule is CCC1=C(C(=O)OC)C(c2cccc(OC)c2)N2C(CC(=O)NC3CCN(C)CC3)=CSC2=N1. The summed E-state index contributed by atoms with van der Waals surface area (Å²) < 4.78 is 10.6. The van der Waals surface area contributed by atoms with E-state index in [2.05, 4.69) is 17.3 Å². The number of amidine groups is 1. The Hall–Kier alpha value is -2.78. The summed E-state index contributed by atoms with van der Waals surface area (Å²) in [6.45, 7) is 3.94. The summed E-state index contributed by atoms with van der Waals surface area (Å²) in [5, 5.41) is 5.92. The molecule has 1 fully saturated rings. The van der Waals surface area contributed by atoms with Gasteiger partial charge in [0.15, 0.2) is 5.17 Å². The number of carbonyl (C=O) groups excluding carboxylic acids is 2. The monoisotopic (exact) mass is 484 g/mol. The van der Waals surface area contributed by atoms with Crippen molar-refractivity contribution < 1.29 is 19.1 Å². The van der Waals surface area contributed by atoms with E-state index in [4.69, 9.17) is 14.5 Å². The average molecular weight is 485 g/mol. The zero-order valence-corrected chi connectivity index (χ0v) is 21.0. The van der Waals surface area contributed by atoms with Crippen LogP contribution in [-0.2, 0) is 14.3 Å². The molecular weight excluding hydrogens is 452 g/mol. The summed E-state index contributed by atoms with van der Waals surface area (Å²) in [6, 6.07) is 7.39. The molecule has 0 saturated carbocycles. The first-order valence-electron chi connectivity index (χ1n) is 11.6. The van der Waals surface area contributed by atoms with Gasteiger partial charge < -0.3 is 24.6 Å². The minimum atomic E-state index is -0.456. The molecule has 3 aliphatic heterocycles. The Balaban J connectivity index is 1.64. The molecule has 1 amide bonds. The number of methoxy groups -OCH3 is 2. The van der Waals surface area contributed by atoms with Crippen molar-refractivity contribution in [2.75, 3.05) is 34.4 Å². The highest BCUT2D eigenvalue weighted by Gasteiger charge is 2.41. The van der Waals surface area contributed by atoms with Crippen molar-refractivity contribution in [2.45, 2.75) is 44.7 Å². The third-order valence-corrected chi connectivity index (χ3v) is 7.35. The third kappa shape index (κ3) is 5.00. The number of allylic oxidation sites excluding steroid dienone is 1. The Morgan fingerprint density at radius 1 is 1.24 bits per heavy atom. The number of benzene rings is 1. The van der Waals surface area contributed by atoms with Crippen LogP contribution in [0.15, 0.2) is 51.6 Å². The molecule has 34 heavy (non-hydrogen) atoms. The molecule has 3 aliphatic rings. The van der Waals surface area contributed by atoms with Gasteiger partial charge in [-0.25, -0.2) is 9.79 Å². The molecule has 182 valence electrons. The van der Waals surface area contributed by atoms with Gasteiger partial charge >= 0.3 is 5.97 Å². The molecule has 9 heteroatoms. The van der Waals surface area contributed by atoms with Gasteiger partial charge in [-0.1, -0.05) is 30.8 Å². The standard InChI is InChI=1S/C25H32N4O4S/c1-5-20-22(24(31)33-4)23(16-7-6-8-19(13-16)32-3)29-18(15-34-25(29)27-20)14-21(30)26-17-9-11-28(2)12-10-17/h6-8,13,15,17,23H,5,9-12,14H2,1-4H3,(H,26,30). The summed E-state index contributed by atoms with van der Waals surface area (Å²) in [5.41, 5.74) is 2.88. The minimum absolute atomic E-state index is 0.0167. The number of amides is 1. The van der Waals surface area contributed by atoms with Crippen LogP contribution in [-0.4, -0.2) is 67.2 Å². The van der Waals surface area contributed by atoms with Crippen molar-refractivity contribution in [3.8, 4) is 5.75 Å². The predicted octanol–water partition coefficient (Wildman–Crippen LogP) is 3.43. The zero-order valence-electron chi connectivity index (χ0n) is 20.2. The third-order valence-electron chi connectivity index (χ3n) is 6.46. The van der Waals surface area contributed by atoms with Crippen LogP contribution in [0.2, 0.25) is 0 Å². The van der Waals surface area contributed by atoms with E-state index in [0.29, 0.717) is 23.4 Å². The first-order valence-corrected chi connectivity index (χ1v) is 12.5. The summed E-state index contributed by atoms with van der Waals surface area (Å²) in [4.78, 5) is 35.0. The van der Waals surface area contributed by atoms with Gasteiger partial charge in [0, 0.05) is 11.7 Å². The van der Waals surface area contributed by atoms with E-state index in [-0.39, 0.29) is 18.4 Å². The fourth-order valence-corrected chi connectivity index (χ4v) is 5.57. The van der Waals surface area contributed by atoms with Crippen LogP contribution < -0.4 is 10.1 Å². The molecule has 1 unspecified atom stereocenters. The molecule has 0 spiro atoms. The largest absolute Gasteiger partial charge is 0.497 e. The number of likely N-dealkylation sites (tertiary alicyclic amines) is 1. The van der Waals surface area contributed by atoms with E-state index in [0.717, 1.165) is 42.4 Å². The number of hydrogen-bond donors (Lipinski definition) is 1. The quantitative estimate of drug-likeness (QED) is 0.594. The average Bonchev–Trinajstić information content (AvgIpc) is 3.25. The number of aliphatic imine (C=N–C) groups is 1. The second kappa shape index (κ2) is 10.7. The van der Waals surface area contributed by atoms with Crippen molar-refractivity contribution in [1.29, 1.82) is 0 Å². The van der Waals surface area contributed by atoms with Crippen molar-refractivity contribution in [3.63, 3.8) is 0 Å². The topological polar surface area (TPSA) is 83.5 Å². The lowest BCUT2D eigenvalue weighted by Crippen LogP contribution is -2.44. The maximum absolute atomic E-state index is 13.0. The molecule has 0 bridgehead atoms. The molecule has 4 rings (SSSR count). The lowest BCUT2D eigenvalue weighted by Gasteiger charge is -2.37. The Kier molecular flexibility index (Phi) is 7.63. The minimum Gasteiger partial charge on any atom is -0.497 e. The Bertz CT molecular complexity index is 1040. The number of piperidine rings is 1. The first-order chi connectivity index (χ1) is 16.4. The van der Waals surface area contributed by atoms with Gasteiger partial charge in [0.2, 0.25) is 5.91 Å². The Morgan fingerprint density at radius 2 is 2.00 bits per heavy atom. The van der Waals surface area contributed by atoms with Crippen molar-refractivity contribution in [3.05, 3.63) is 52.2 Å². The molecule has 0 aromatic heterocycles. The van der Waals surface area contributed by atoms with Crippen molar-refractivity contribution >= 4 is 28.8 Å². The van der Waals surface area contributed by atoms with Crippen LogP contribution in [0.25, 0.3) is 0 Å². The molecule has 0 aliphatic carbocycles. The molecule has 8 nitrogen and oxygen atoms in total. The van der Waals surface area contributed by atoms with Gasteiger partial charge in [-0.15, -0.1) is 0 Å². The summed E-state index contributed by atoms with van der Waals surface area (Å²) in [7, 11) is 5.10. The molecule has 1 saturated heterocycles. The van der Waals surface area contributed by atoms with E-state index >= 15 is 0 Å². The highest BCUT2D eigenvalue weighted by Crippen LogP contribution is 2.45. The number of ether oxygens (including phenoxy) is 2. The smallest absolute Gasteiger partial charge is 0.338 e. The number of rotatable bonds is 7. The predicted molar refractivity (Wildman–Crippen MR) is 133 cm³/mol. The van der Waals surface area contributed by atoms with Crippen LogP contribution in [0.4, 0.5) is 0 Å². The molecule has 0 radical (unpaired) electrons. The fourth-order valence-electron chi connectivity index (χ4n) is 4.64. The van der Waals surface area contributed by atoms with Crippen LogP contribution in [0, 0.1) is 0 Å². The number of esters is 1. The normalized spacial score (nSPS) is 21.1. The summed E-state index contributed by atoms with van der Waals surface area (Å²) in [5.74, 6) is 0.262. The van der Waals surface area contributed by atoms with Crippen LogP contribution in [0.1, 0.15) is 44.2 Å². The highest BCUT2D eigenvalue weighted by atomic mass is 32.2. The highest BCUT2D eigenvalue weighted by molar-refractivity contribution is 8.16.